The van der Waals surface area contributed by atoms with Crippen molar-refractivity contribution >= 4 is 39.3 Å². The third kappa shape index (κ3) is 3.97. The topological polar surface area (TPSA) is 81.4 Å². The molecule has 4 rings (SSSR count). The molecule has 0 unspecified atom stereocenters. The van der Waals surface area contributed by atoms with Crippen molar-refractivity contribution in [2.75, 3.05) is 12.4 Å². The lowest BCUT2D eigenvalue weighted by atomic mass is 10.1. The number of carbonyl (C=O) groups excluding carboxylic acids is 2. The molecule has 0 bridgehead atoms. The second kappa shape index (κ2) is 8.51. The fourth-order valence-electron chi connectivity index (χ4n) is 3.26. The Morgan fingerprint density at radius 3 is 2.57 bits per heavy atom. The van der Waals surface area contributed by atoms with E-state index in [2.05, 4.69) is 10.3 Å². The Morgan fingerprint density at radius 2 is 1.83 bits per heavy atom. The fourth-order valence-corrected chi connectivity index (χ4v) is 4.27. The molecule has 6 nitrogen and oxygen atoms in total. The van der Waals surface area contributed by atoms with E-state index in [1.165, 1.54) is 18.4 Å². The highest BCUT2D eigenvalue weighted by Crippen LogP contribution is 2.40. The van der Waals surface area contributed by atoms with Gasteiger partial charge in [-0.1, -0.05) is 42.5 Å². The number of hydrogen-bond acceptors (Lipinski definition) is 6. The fraction of sp³-hybridized carbons (Fsp3) is 0.174. The van der Waals surface area contributed by atoms with Gasteiger partial charge in [-0.05, 0) is 31.0 Å². The van der Waals surface area contributed by atoms with Gasteiger partial charge in [0.15, 0.2) is 0 Å². The van der Waals surface area contributed by atoms with Gasteiger partial charge in [-0.15, -0.1) is 11.3 Å². The molecule has 0 radical (unpaired) electrons. The maximum absolute atomic E-state index is 12.6. The van der Waals surface area contributed by atoms with Gasteiger partial charge in [0.2, 0.25) is 11.8 Å². The summed E-state index contributed by atoms with van der Waals surface area (Å²) < 4.78 is 11.7. The monoisotopic (exact) mass is 420 g/mol. The minimum Gasteiger partial charge on any atom is -0.465 e. The van der Waals surface area contributed by atoms with E-state index in [9.17, 15) is 9.59 Å². The number of thiazole rings is 1. The van der Waals surface area contributed by atoms with E-state index in [1.54, 1.807) is 6.92 Å². The molecule has 152 valence electrons. The number of ether oxygens (including phenoxy) is 1. The summed E-state index contributed by atoms with van der Waals surface area (Å²) >= 11 is 1.43. The van der Waals surface area contributed by atoms with Crippen LogP contribution in [-0.4, -0.2) is 24.0 Å². The number of methoxy groups -OCH3 is 1. The Labute approximate surface area is 177 Å². The number of nitrogens with one attached hydrogen (secondary N) is 1. The van der Waals surface area contributed by atoms with Crippen molar-refractivity contribution in [1.82, 2.24) is 4.98 Å². The lowest BCUT2D eigenvalue weighted by Crippen LogP contribution is -2.13. The Balaban J connectivity index is 1.67. The second-order valence-corrected chi connectivity index (χ2v) is 7.78. The minimum atomic E-state index is -0.532. The van der Waals surface area contributed by atoms with Gasteiger partial charge < -0.3 is 9.15 Å². The molecule has 0 aliphatic heterocycles. The van der Waals surface area contributed by atoms with Crippen LogP contribution in [0, 0.1) is 6.92 Å². The molecule has 7 heteroatoms. The van der Waals surface area contributed by atoms with E-state index < -0.39 is 5.97 Å². The minimum absolute atomic E-state index is 0.202. The van der Waals surface area contributed by atoms with Gasteiger partial charge in [0.05, 0.1) is 22.9 Å². The molecule has 0 aliphatic rings. The van der Waals surface area contributed by atoms with Crippen molar-refractivity contribution in [2.45, 2.75) is 19.8 Å². The number of para-hydroxylation sites is 1. The third-order valence-corrected chi connectivity index (χ3v) is 5.77. The predicted molar refractivity (Wildman–Crippen MR) is 117 cm³/mol. The highest BCUT2D eigenvalue weighted by Gasteiger charge is 2.28. The van der Waals surface area contributed by atoms with Crippen LogP contribution in [0.4, 0.5) is 5.88 Å². The van der Waals surface area contributed by atoms with Gasteiger partial charge in [-0.2, -0.15) is 0 Å². The van der Waals surface area contributed by atoms with Gasteiger partial charge >= 0.3 is 5.97 Å². The molecule has 0 fully saturated rings. The summed E-state index contributed by atoms with van der Waals surface area (Å²) in [5.41, 5.74) is 2.61. The van der Waals surface area contributed by atoms with Crippen molar-refractivity contribution in [3.63, 3.8) is 0 Å². The normalized spacial score (nSPS) is 10.9. The summed E-state index contributed by atoms with van der Waals surface area (Å²) in [7, 11) is 1.31. The van der Waals surface area contributed by atoms with Crippen molar-refractivity contribution in [1.29, 1.82) is 0 Å². The maximum Gasteiger partial charge on any atom is 0.342 e. The summed E-state index contributed by atoms with van der Waals surface area (Å²) in [4.78, 5) is 29.7. The number of furan rings is 1. The van der Waals surface area contributed by atoms with Gasteiger partial charge in [0, 0.05) is 6.42 Å². The Kier molecular flexibility index (Phi) is 5.63. The summed E-state index contributed by atoms with van der Waals surface area (Å²) in [6, 6.07) is 17.5. The highest BCUT2D eigenvalue weighted by atomic mass is 32.1. The number of nitrogens with zero attached hydrogens (tertiary/aromatic N) is 1. The first kappa shape index (κ1) is 19.8. The number of amides is 1. The number of fused-ring (bicyclic) bond motifs is 1. The molecule has 0 saturated heterocycles. The van der Waals surface area contributed by atoms with Gasteiger partial charge in [0.25, 0.3) is 0 Å². The van der Waals surface area contributed by atoms with Crippen LogP contribution in [0.3, 0.4) is 0 Å². The summed E-state index contributed by atoms with van der Waals surface area (Å²) in [6.45, 7) is 1.67. The van der Waals surface area contributed by atoms with Crippen LogP contribution in [0.1, 0.15) is 28.1 Å². The molecular weight excluding hydrogens is 400 g/mol. The van der Waals surface area contributed by atoms with Crippen LogP contribution < -0.4 is 5.32 Å². The Hall–Kier alpha value is -3.45. The number of esters is 1. The molecule has 2 heterocycles. The number of rotatable bonds is 6. The zero-order chi connectivity index (χ0) is 21.1. The average Bonchev–Trinajstić information content (AvgIpc) is 3.32. The van der Waals surface area contributed by atoms with Crippen LogP contribution in [0.5, 0.6) is 0 Å². The molecule has 0 saturated carbocycles. The molecule has 1 amide bonds. The molecule has 0 atom stereocenters. The molecule has 30 heavy (non-hydrogen) atoms. The summed E-state index contributed by atoms with van der Waals surface area (Å²) in [5, 5.41) is 3.41. The van der Waals surface area contributed by atoms with Crippen molar-refractivity contribution < 1.29 is 18.7 Å². The van der Waals surface area contributed by atoms with Crippen molar-refractivity contribution in [2.24, 2.45) is 0 Å². The first-order valence-corrected chi connectivity index (χ1v) is 10.3. The van der Waals surface area contributed by atoms with E-state index in [1.807, 2.05) is 54.6 Å². The first-order chi connectivity index (χ1) is 14.6. The van der Waals surface area contributed by atoms with Crippen LogP contribution in [0.2, 0.25) is 0 Å². The predicted octanol–water partition coefficient (Wildman–Crippen LogP) is 5.22. The van der Waals surface area contributed by atoms with Crippen LogP contribution in [0.15, 0.2) is 59.0 Å². The standard InChI is InChI=1S/C23H20N2O4S/c1-14-19(23(27)28-2)20(22-24-16-10-6-7-11-17(16)30-22)21(29-14)25-18(26)13-12-15-8-4-3-5-9-15/h3-11H,12-13H2,1-2H3,(H,25,26). The average molecular weight is 420 g/mol. The molecule has 1 N–H and O–H groups in total. The lowest BCUT2D eigenvalue weighted by molar-refractivity contribution is -0.116. The smallest absolute Gasteiger partial charge is 0.342 e. The maximum atomic E-state index is 12.6. The highest BCUT2D eigenvalue weighted by molar-refractivity contribution is 7.21. The molecular formula is C23H20N2O4S. The van der Waals surface area contributed by atoms with Crippen molar-refractivity contribution in [3.8, 4) is 10.6 Å². The number of aromatic nitrogens is 1. The lowest BCUT2D eigenvalue weighted by Gasteiger charge is -2.05. The second-order valence-electron chi connectivity index (χ2n) is 6.75. The van der Waals surface area contributed by atoms with Gasteiger partial charge in [0.1, 0.15) is 16.3 Å². The molecule has 0 spiro atoms. The van der Waals surface area contributed by atoms with Crippen LogP contribution in [0.25, 0.3) is 20.8 Å². The number of hydrogen-bond donors (Lipinski definition) is 1. The molecule has 4 aromatic rings. The Bertz CT molecular complexity index is 1180. The summed E-state index contributed by atoms with van der Waals surface area (Å²) in [6.07, 6.45) is 0.892. The van der Waals surface area contributed by atoms with E-state index in [-0.39, 0.29) is 23.8 Å². The third-order valence-electron chi connectivity index (χ3n) is 4.72. The van der Waals surface area contributed by atoms with E-state index in [0.717, 1.165) is 15.8 Å². The SMILES string of the molecule is COC(=O)c1c(C)oc(NC(=O)CCc2ccccc2)c1-c1nc2ccccc2s1. The summed E-state index contributed by atoms with van der Waals surface area (Å²) in [5.74, 6) is -0.152. The zero-order valence-electron chi connectivity index (χ0n) is 16.6. The number of anilines is 1. The van der Waals surface area contributed by atoms with Crippen LogP contribution in [-0.2, 0) is 16.0 Å². The van der Waals surface area contributed by atoms with E-state index >= 15 is 0 Å². The quantitative estimate of drug-likeness (QED) is 0.432. The number of benzene rings is 2. The molecule has 2 aromatic carbocycles. The van der Waals surface area contributed by atoms with Crippen molar-refractivity contribution in [3.05, 3.63) is 71.5 Å². The van der Waals surface area contributed by atoms with Gasteiger partial charge in [-0.3, -0.25) is 10.1 Å². The number of carbonyl (C=O) groups is 2. The van der Waals surface area contributed by atoms with E-state index in [0.29, 0.717) is 22.8 Å². The van der Waals surface area contributed by atoms with E-state index in [4.69, 9.17) is 9.15 Å². The zero-order valence-corrected chi connectivity index (χ0v) is 17.4. The molecule has 2 aromatic heterocycles. The largest absolute Gasteiger partial charge is 0.465 e. The van der Waals surface area contributed by atoms with Gasteiger partial charge in [-0.25, -0.2) is 9.78 Å². The first-order valence-electron chi connectivity index (χ1n) is 9.48. The van der Waals surface area contributed by atoms with Crippen LogP contribution >= 0.6 is 11.3 Å². The Morgan fingerprint density at radius 1 is 1.10 bits per heavy atom. The number of aryl methyl sites for hydroxylation is 2. The molecule has 0 aliphatic carbocycles.